The maximum Gasteiger partial charge on any atom is 0.285 e. The Balaban J connectivity index is 1.73. The maximum atomic E-state index is 13.0. The fourth-order valence-corrected chi connectivity index (χ4v) is 3.62. The first-order valence-electron chi connectivity index (χ1n) is 8.02. The number of halogens is 1. The fourth-order valence-electron chi connectivity index (χ4n) is 2.39. The van der Waals surface area contributed by atoms with Gasteiger partial charge in [-0.25, -0.2) is 4.39 Å². The average molecular weight is 398 g/mol. The van der Waals surface area contributed by atoms with E-state index >= 15 is 0 Å². The van der Waals surface area contributed by atoms with E-state index in [9.17, 15) is 14.0 Å². The second-order valence-corrected chi connectivity index (χ2v) is 7.44. The van der Waals surface area contributed by atoms with Gasteiger partial charge in [-0.3, -0.25) is 15.0 Å². The summed E-state index contributed by atoms with van der Waals surface area (Å²) in [5, 5.41) is 1.04. The van der Waals surface area contributed by atoms with Gasteiger partial charge in [0.2, 0.25) is 0 Å². The maximum absolute atomic E-state index is 13.0. The molecule has 2 aromatic rings. The summed E-state index contributed by atoms with van der Waals surface area (Å²) >= 11 is 6.31. The second-order valence-electron chi connectivity index (χ2n) is 5.76. The first-order chi connectivity index (χ1) is 12.9. The molecule has 0 bridgehead atoms. The fraction of sp³-hybridized carbons (Fsp3) is 0.0500. The van der Waals surface area contributed by atoms with Gasteiger partial charge in [-0.05, 0) is 60.6 Å². The third-order valence-corrected chi connectivity index (χ3v) is 4.97. The number of amides is 2. The summed E-state index contributed by atoms with van der Waals surface area (Å²) in [5.74, 6) is -1.38. The van der Waals surface area contributed by atoms with E-state index < -0.39 is 17.6 Å². The molecule has 0 saturated carbocycles. The zero-order valence-corrected chi connectivity index (χ0v) is 15.9. The number of nitrogens with one attached hydrogen (secondary N) is 1. The number of allylic oxidation sites excluding steroid dienone is 2. The number of rotatable bonds is 4. The lowest BCUT2D eigenvalue weighted by atomic mass is 10.1. The highest BCUT2D eigenvalue weighted by molar-refractivity contribution is 8.26. The van der Waals surface area contributed by atoms with Crippen LogP contribution in [0.1, 0.15) is 22.8 Å². The Bertz CT molecular complexity index is 954. The summed E-state index contributed by atoms with van der Waals surface area (Å²) in [6.45, 7) is 1.89. The molecule has 0 unspecified atom stereocenters. The van der Waals surface area contributed by atoms with Gasteiger partial charge in [0, 0.05) is 5.56 Å². The lowest BCUT2D eigenvalue weighted by Crippen LogP contribution is -2.44. The first-order valence-corrected chi connectivity index (χ1v) is 9.24. The molecule has 0 spiro atoms. The molecule has 0 radical (unpaired) electrons. The standard InChI is InChI=1S/C20H15FN2O2S2/c1-13(11-14-5-3-2-4-6-14)12-17-19(25)23(20(26)27-17)22-18(24)15-7-9-16(21)10-8-15/h2-12H,1H3,(H,22,24)/b13-11-,17-12?. The molecule has 0 aromatic heterocycles. The van der Waals surface area contributed by atoms with E-state index in [1.807, 2.05) is 43.3 Å². The quantitative estimate of drug-likeness (QED) is 0.616. The molecule has 1 aliphatic rings. The molecule has 0 atom stereocenters. The van der Waals surface area contributed by atoms with Crippen molar-refractivity contribution in [1.82, 2.24) is 10.4 Å². The van der Waals surface area contributed by atoms with Crippen LogP contribution >= 0.6 is 24.0 Å². The molecule has 1 heterocycles. The van der Waals surface area contributed by atoms with Gasteiger partial charge in [-0.2, -0.15) is 5.01 Å². The van der Waals surface area contributed by atoms with Crippen LogP contribution in [-0.4, -0.2) is 21.1 Å². The molecule has 2 aromatic carbocycles. The van der Waals surface area contributed by atoms with Gasteiger partial charge < -0.3 is 0 Å². The number of hydrogen-bond acceptors (Lipinski definition) is 4. The molecule has 1 aliphatic heterocycles. The number of hydrogen-bond donors (Lipinski definition) is 1. The SMILES string of the molecule is C/C(C=C1SC(=S)N(NC(=O)c2ccc(F)cc2)C1=O)=C/c1ccccc1. The van der Waals surface area contributed by atoms with Crippen LogP contribution < -0.4 is 5.43 Å². The summed E-state index contributed by atoms with van der Waals surface area (Å²) in [6.07, 6.45) is 3.68. The number of thioether (sulfide) groups is 1. The zero-order chi connectivity index (χ0) is 19.4. The van der Waals surface area contributed by atoms with Crippen molar-refractivity contribution in [3.8, 4) is 0 Å². The number of thiocarbonyl (C=S) groups is 1. The first kappa shape index (κ1) is 19.0. The van der Waals surface area contributed by atoms with E-state index in [2.05, 4.69) is 5.43 Å². The normalized spacial score (nSPS) is 16.1. The largest absolute Gasteiger partial charge is 0.285 e. The summed E-state index contributed by atoms with van der Waals surface area (Å²) < 4.78 is 13.2. The number of carbonyl (C=O) groups excluding carboxylic acids is 2. The van der Waals surface area contributed by atoms with Crippen molar-refractivity contribution in [2.24, 2.45) is 0 Å². The van der Waals surface area contributed by atoms with Crippen LogP contribution in [0.4, 0.5) is 4.39 Å². The Kier molecular flexibility index (Phi) is 5.83. The Hall–Kier alpha value is -2.77. The molecule has 0 aliphatic carbocycles. The van der Waals surface area contributed by atoms with Crippen LogP contribution in [0, 0.1) is 5.82 Å². The Morgan fingerprint density at radius 2 is 1.81 bits per heavy atom. The third-order valence-electron chi connectivity index (χ3n) is 3.67. The number of hydrazine groups is 1. The molecular formula is C20H15FN2O2S2. The molecule has 2 amide bonds. The molecule has 27 heavy (non-hydrogen) atoms. The van der Waals surface area contributed by atoms with Crippen molar-refractivity contribution < 1.29 is 14.0 Å². The van der Waals surface area contributed by atoms with E-state index in [1.165, 1.54) is 24.3 Å². The van der Waals surface area contributed by atoms with Gasteiger partial charge in [0.25, 0.3) is 11.8 Å². The monoisotopic (exact) mass is 398 g/mol. The number of carbonyl (C=O) groups is 2. The summed E-state index contributed by atoms with van der Waals surface area (Å²) in [7, 11) is 0. The van der Waals surface area contributed by atoms with Crippen molar-refractivity contribution in [3.05, 3.63) is 88.1 Å². The van der Waals surface area contributed by atoms with Gasteiger partial charge >= 0.3 is 0 Å². The van der Waals surface area contributed by atoms with Crippen molar-refractivity contribution in [2.45, 2.75) is 6.92 Å². The Labute approximate surface area is 165 Å². The van der Waals surface area contributed by atoms with Crippen LogP contribution in [-0.2, 0) is 4.79 Å². The van der Waals surface area contributed by atoms with Crippen molar-refractivity contribution in [2.75, 3.05) is 0 Å². The van der Waals surface area contributed by atoms with Gasteiger partial charge in [-0.15, -0.1) is 0 Å². The van der Waals surface area contributed by atoms with Crippen LogP contribution in [0.2, 0.25) is 0 Å². The van der Waals surface area contributed by atoms with Crippen LogP contribution in [0.25, 0.3) is 6.08 Å². The number of benzene rings is 2. The smallest absolute Gasteiger partial charge is 0.267 e. The van der Waals surface area contributed by atoms with Gasteiger partial charge in [0.1, 0.15) is 5.82 Å². The molecule has 1 N–H and O–H groups in total. The van der Waals surface area contributed by atoms with Crippen LogP contribution in [0.5, 0.6) is 0 Å². The van der Waals surface area contributed by atoms with Crippen molar-refractivity contribution in [1.29, 1.82) is 0 Å². The predicted molar refractivity (Wildman–Crippen MR) is 109 cm³/mol. The van der Waals surface area contributed by atoms with Crippen molar-refractivity contribution in [3.63, 3.8) is 0 Å². The highest BCUT2D eigenvalue weighted by Gasteiger charge is 2.33. The molecular weight excluding hydrogens is 383 g/mol. The molecule has 136 valence electrons. The van der Waals surface area contributed by atoms with Gasteiger partial charge in [-0.1, -0.05) is 48.2 Å². The molecule has 1 fully saturated rings. The minimum absolute atomic E-state index is 0.231. The topological polar surface area (TPSA) is 49.4 Å². The Morgan fingerprint density at radius 1 is 1.15 bits per heavy atom. The molecule has 4 nitrogen and oxygen atoms in total. The lowest BCUT2D eigenvalue weighted by molar-refractivity contribution is -0.123. The van der Waals surface area contributed by atoms with Crippen LogP contribution in [0.3, 0.4) is 0 Å². The van der Waals surface area contributed by atoms with E-state index in [-0.39, 0.29) is 9.88 Å². The van der Waals surface area contributed by atoms with Crippen LogP contribution in [0.15, 0.2) is 71.2 Å². The molecule has 7 heteroatoms. The molecule has 1 saturated heterocycles. The predicted octanol–water partition coefficient (Wildman–Crippen LogP) is 4.32. The highest BCUT2D eigenvalue weighted by Crippen LogP contribution is 2.31. The highest BCUT2D eigenvalue weighted by atomic mass is 32.2. The van der Waals surface area contributed by atoms with Gasteiger partial charge in [0.15, 0.2) is 4.32 Å². The summed E-state index contributed by atoms with van der Waals surface area (Å²) in [4.78, 5) is 25.2. The summed E-state index contributed by atoms with van der Waals surface area (Å²) in [5.41, 5.74) is 4.60. The Morgan fingerprint density at radius 3 is 2.48 bits per heavy atom. The van der Waals surface area contributed by atoms with E-state index in [0.717, 1.165) is 27.9 Å². The van der Waals surface area contributed by atoms with Crippen molar-refractivity contribution >= 4 is 46.2 Å². The minimum atomic E-state index is -0.538. The zero-order valence-electron chi connectivity index (χ0n) is 14.3. The molecule has 3 rings (SSSR count). The second kappa shape index (κ2) is 8.28. The number of nitrogens with zero attached hydrogens (tertiary/aromatic N) is 1. The van der Waals surface area contributed by atoms with E-state index in [0.29, 0.717) is 4.91 Å². The van der Waals surface area contributed by atoms with E-state index in [4.69, 9.17) is 12.2 Å². The minimum Gasteiger partial charge on any atom is -0.267 e. The average Bonchev–Trinajstić information content (AvgIpc) is 2.90. The van der Waals surface area contributed by atoms with E-state index in [1.54, 1.807) is 6.08 Å². The van der Waals surface area contributed by atoms with Gasteiger partial charge in [0.05, 0.1) is 4.91 Å². The third kappa shape index (κ3) is 4.69. The summed E-state index contributed by atoms with van der Waals surface area (Å²) in [6, 6.07) is 14.8. The lowest BCUT2D eigenvalue weighted by Gasteiger charge is -2.15.